The van der Waals surface area contributed by atoms with Crippen molar-refractivity contribution in [2.45, 2.75) is 39.5 Å². The normalized spacial score (nSPS) is 13.3. The van der Waals surface area contributed by atoms with Crippen LogP contribution < -0.4 is 10.6 Å². The number of rotatable bonds is 6. The summed E-state index contributed by atoms with van der Waals surface area (Å²) in [6, 6.07) is -0.199. The van der Waals surface area contributed by atoms with E-state index in [-0.39, 0.29) is 18.5 Å². The summed E-state index contributed by atoms with van der Waals surface area (Å²) < 4.78 is 6.86. The molecule has 2 aromatic rings. The minimum Gasteiger partial charge on any atom is -0.480 e. The Kier molecular flexibility index (Phi) is 5.14. The zero-order valence-corrected chi connectivity index (χ0v) is 13.3. The van der Waals surface area contributed by atoms with Crippen molar-refractivity contribution in [3.8, 4) is 6.01 Å². The number of urea groups is 1. The fraction of sp³-hybridized carbons (Fsp3) is 0.462. The SMILES string of the molecule is Cc1cc(C)n(-c2nnc(CNC(=O)NC(C(=O)O)C(C)O)o2)n1. The van der Waals surface area contributed by atoms with Crippen LogP contribution in [0.4, 0.5) is 4.79 Å². The van der Waals surface area contributed by atoms with Gasteiger partial charge in [-0.05, 0) is 26.8 Å². The van der Waals surface area contributed by atoms with Gasteiger partial charge in [-0.15, -0.1) is 5.10 Å². The van der Waals surface area contributed by atoms with Crippen molar-refractivity contribution in [3.63, 3.8) is 0 Å². The van der Waals surface area contributed by atoms with Gasteiger partial charge in [0.2, 0.25) is 5.89 Å². The van der Waals surface area contributed by atoms with E-state index < -0.39 is 24.1 Å². The van der Waals surface area contributed by atoms with Crippen molar-refractivity contribution >= 4 is 12.0 Å². The number of carbonyl (C=O) groups is 2. The van der Waals surface area contributed by atoms with Crippen molar-refractivity contribution in [2.24, 2.45) is 0 Å². The van der Waals surface area contributed by atoms with Gasteiger partial charge in [0.15, 0.2) is 6.04 Å². The summed E-state index contributed by atoms with van der Waals surface area (Å²) in [6.07, 6.45) is -1.24. The second kappa shape index (κ2) is 7.08. The summed E-state index contributed by atoms with van der Waals surface area (Å²) in [6.45, 7) is 4.81. The largest absolute Gasteiger partial charge is 0.480 e. The van der Waals surface area contributed by atoms with E-state index in [0.29, 0.717) is 0 Å². The van der Waals surface area contributed by atoms with E-state index >= 15 is 0 Å². The monoisotopic (exact) mass is 338 g/mol. The van der Waals surface area contributed by atoms with Crippen LogP contribution in [-0.4, -0.2) is 54.3 Å². The first-order chi connectivity index (χ1) is 11.3. The Hall–Kier alpha value is -2.95. The van der Waals surface area contributed by atoms with Crippen LogP contribution in [0.15, 0.2) is 10.5 Å². The van der Waals surface area contributed by atoms with Crippen LogP contribution in [0.5, 0.6) is 0 Å². The molecule has 0 aliphatic heterocycles. The number of aryl methyl sites for hydroxylation is 2. The van der Waals surface area contributed by atoms with Crippen molar-refractivity contribution in [1.29, 1.82) is 0 Å². The zero-order valence-electron chi connectivity index (χ0n) is 13.3. The second-order valence-electron chi connectivity index (χ2n) is 5.20. The third kappa shape index (κ3) is 4.07. The predicted octanol–water partition coefficient (Wildman–Crippen LogP) is -0.495. The number of hydrogen-bond donors (Lipinski definition) is 4. The number of nitrogens with one attached hydrogen (secondary N) is 2. The molecular weight excluding hydrogens is 320 g/mol. The predicted molar refractivity (Wildman–Crippen MR) is 79.4 cm³/mol. The minimum absolute atomic E-state index is 0.107. The number of aromatic nitrogens is 4. The van der Waals surface area contributed by atoms with Crippen LogP contribution in [0.1, 0.15) is 24.2 Å². The molecule has 0 saturated heterocycles. The van der Waals surface area contributed by atoms with Crippen molar-refractivity contribution in [3.05, 3.63) is 23.3 Å². The average molecular weight is 338 g/mol. The number of aliphatic hydroxyl groups is 1. The minimum atomic E-state index is -1.42. The van der Waals surface area contributed by atoms with Gasteiger partial charge in [0.05, 0.1) is 18.3 Å². The molecule has 2 aromatic heterocycles. The molecule has 0 spiro atoms. The highest BCUT2D eigenvalue weighted by molar-refractivity contribution is 5.82. The molecule has 2 rings (SSSR count). The van der Waals surface area contributed by atoms with Crippen molar-refractivity contribution < 1.29 is 24.2 Å². The Morgan fingerprint density at radius 2 is 2.08 bits per heavy atom. The van der Waals surface area contributed by atoms with E-state index in [9.17, 15) is 14.7 Å². The molecule has 0 radical (unpaired) electrons. The Morgan fingerprint density at radius 1 is 1.38 bits per heavy atom. The molecular formula is C13H18N6O5. The molecule has 0 bridgehead atoms. The third-order valence-electron chi connectivity index (χ3n) is 3.08. The molecule has 0 aliphatic rings. The summed E-state index contributed by atoms with van der Waals surface area (Å²) in [7, 11) is 0. The van der Waals surface area contributed by atoms with Gasteiger partial charge in [-0.1, -0.05) is 5.10 Å². The lowest BCUT2D eigenvalue weighted by Gasteiger charge is -2.16. The molecule has 2 amide bonds. The van der Waals surface area contributed by atoms with Gasteiger partial charge >= 0.3 is 18.0 Å². The van der Waals surface area contributed by atoms with Crippen molar-refractivity contribution in [1.82, 2.24) is 30.6 Å². The van der Waals surface area contributed by atoms with Gasteiger partial charge in [0.25, 0.3) is 0 Å². The summed E-state index contributed by atoms with van der Waals surface area (Å²) in [5.74, 6) is -1.22. The molecule has 0 saturated carbocycles. The molecule has 2 heterocycles. The maximum absolute atomic E-state index is 11.7. The average Bonchev–Trinajstić information content (AvgIpc) is 3.08. The first kappa shape index (κ1) is 17.4. The first-order valence-electron chi connectivity index (χ1n) is 7.09. The zero-order chi connectivity index (χ0) is 17.9. The van der Waals surface area contributed by atoms with Crippen LogP contribution in [0.3, 0.4) is 0 Å². The molecule has 0 aromatic carbocycles. The topological polar surface area (TPSA) is 155 Å². The van der Waals surface area contributed by atoms with E-state index in [1.54, 1.807) is 0 Å². The summed E-state index contributed by atoms with van der Waals surface area (Å²) in [4.78, 5) is 22.6. The molecule has 11 nitrogen and oxygen atoms in total. The van der Waals surface area contributed by atoms with Gasteiger partial charge in [-0.25, -0.2) is 9.59 Å². The van der Waals surface area contributed by atoms with Gasteiger partial charge in [0.1, 0.15) is 0 Å². The lowest BCUT2D eigenvalue weighted by atomic mass is 10.2. The molecule has 0 fully saturated rings. The lowest BCUT2D eigenvalue weighted by molar-refractivity contribution is -0.141. The molecule has 0 aliphatic carbocycles. The maximum Gasteiger partial charge on any atom is 0.343 e. The number of amides is 2. The summed E-state index contributed by atoms with van der Waals surface area (Å²) in [5.41, 5.74) is 1.61. The number of nitrogens with zero attached hydrogens (tertiary/aromatic N) is 4. The van der Waals surface area contributed by atoms with Crippen LogP contribution >= 0.6 is 0 Å². The van der Waals surface area contributed by atoms with E-state index in [1.165, 1.54) is 11.6 Å². The smallest absolute Gasteiger partial charge is 0.343 e. The highest BCUT2D eigenvalue weighted by Gasteiger charge is 2.25. The first-order valence-corrected chi connectivity index (χ1v) is 7.09. The van der Waals surface area contributed by atoms with Gasteiger partial charge in [0, 0.05) is 5.69 Å². The summed E-state index contributed by atoms with van der Waals surface area (Å²) in [5, 5.41) is 34.5. The third-order valence-corrected chi connectivity index (χ3v) is 3.08. The number of hydrogen-bond acceptors (Lipinski definition) is 7. The van der Waals surface area contributed by atoms with E-state index in [2.05, 4.69) is 25.9 Å². The van der Waals surface area contributed by atoms with E-state index in [4.69, 9.17) is 9.52 Å². The highest BCUT2D eigenvalue weighted by Crippen LogP contribution is 2.10. The van der Waals surface area contributed by atoms with E-state index in [1.807, 2.05) is 19.9 Å². The lowest BCUT2D eigenvalue weighted by Crippen LogP contribution is -2.51. The number of carboxylic acid groups (broad SMARTS) is 1. The molecule has 24 heavy (non-hydrogen) atoms. The summed E-state index contributed by atoms with van der Waals surface area (Å²) >= 11 is 0. The number of aliphatic carboxylic acids is 1. The Labute approximate surface area is 136 Å². The van der Waals surface area contributed by atoms with Crippen LogP contribution in [0.2, 0.25) is 0 Å². The number of carboxylic acids is 1. The van der Waals surface area contributed by atoms with Gasteiger partial charge in [-0.3, -0.25) is 0 Å². The van der Waals surface area contributed by atoms with E-state index in [0.717, 1.165) is 11.4 Å². The van der Waals surface area contributed by atoms with Crippen LogP contribution in [0, 0.1) is 13.8 Å². The Balaban J connectivity index is 1.94. The molecule has 2 unspecified atom stereocenters. The van der Waals surface area contributed by atoms with Gasteiger partial charge in [-0.2, -0.15) is 9.78 Å². The molecule has 130 valence electrons. The maximum atomic E-state index is 11.7. The van der Waals surface area contributed by atoms with Crippen molar-refractivity contribution in [2.75, 3.05) is 0 Å². The number of carbonyl (C=O) groups excluding carboxylic acids is 1. The fourth-order valence-corrected chi connectivity index (χ4v) is 1.96. The Morgan fingerprint density at radius 3 is 2.62 bits per heavy atom. The Bertz CT molecular complexity index is 737. The molecule has 11 heteroatoms. The number of aliphatic hydroxyl groups excluding tert-OH is 1. The second-order valence-corrected chi connectivity index (χ2v) is 5.20. The standard InChI is InChI=1S/C13H18N6O5/c1-6-4-7(2)19(18-6)13-17-16-9(24-13)5-14-12(23)15-10(8(3)20)11(21)22/h4,8,10,20H,5H2,1-3H3,(H,21,22)(H2,14,15,23). The molecule has 4 N–H and O–H groups in total. The van der Waals surface area contributed by atoms with Gasteiger partial charge < -0.3 is 25.3 Å². The van der Waals surface area contributed by atoms with Crippen LogP contribution in [0.25, 0.3) is 6.01 Å². The molecule has 2 atom stereocenters. The highest BCUT2D eigenvalue weighted by atomic mass is 16.4. The fourth-order valence-electron chi connectivity index (χ4n) is 1.96. The quantitative estimate of drug-likeness (QED) is 0.549. The van der Waals surface area contributed by atoms with Crippen LogP contribution in [-0.2, 0) is 11.3 Å².